The number of aliphatic carboxylic acids is 1. The molecule has 1 saturated heterocycles. The minimum absolute atomic E-state index is 0.0542. The van der Waals surface area contributed by atoms with Crippen LogP contribution in [0.25, 0.3) is 0 Å². The van der Waals surface area contributed by atoms with Crippen molar-refractivity contribution in [1.29, 1.82) is 0 Å². The van der Waals surface area contributed by atoms with E-state index in [0.29, 0.717) is 26.2 Å². The molecule has 0 aliphatic carbocycles. The summed E-state index contributed by atoms with van der Waals surface area (Å²) in [5.74, 6) is -0.753. The highest BCUT2D eigenvalue weighted by atomic mass is 16.4. The quantitative estimate of drug-likeness (QED) is 0.523. The lowest BCUT2D eigenvalue weighted by atomic mass is 10.1. The van der Waals surface area contributed by atoms with Crippen molar-refractivity contribution < 1.29 is 14.7 Å². The van der Waals surface area contributed by atoms with Gasteiger partial charge in [-0.2, -0.15) is 0 Å². The van der Waals surface area contributed by atoms with Crippen molar-refractivity contribution in [3.05, 3.63) is 12.2 Å². The Hall–Kier alpha value is -1.36. The highest BCUT2D eigenvalue weighted by molar-refractivity contribution is 5.87. The third kappa shape index (κ3) is 7.85. The number of hydrogen-bond acceptors (Lipinski definition) is 3. The number of carbonyl (C=O) groups excluding carboxylic acids is 1. The third-order valence-corrected chi connectivity index (χ3v) is 3.78. The molecular weight excluding hydrogens is 268 g/mol. The number of carboxylic acids is 1. The van der Waals surface area contributed by atoms with Crippen LogP contribution in [0.15, 0.2) is 12.2 Å². The predicted molar refractivity (Wildman–Crippen MR) is 83.2 cm³/mol. The van der Waals surface area contributed by atoms with Gasteiger partial charge in [0.15, 0.2) is 0 Å². The number of allylic oxidation sites excluding steroid dienone is 1. The van der Waals surface area contributed by atoms with Crippen LogP contribution >= 0.6 is 0 Å². The summed E-state index contributed by atoms with van der Waals surface area (Å²) in [5.41, 5.74) is 0. The number of carbonyl (C=O) groups is 2. The normalized spacial score (nSPS) is 16.5. The van der Waals surface area contributed by atoms with Gasteiger partial charge in [0, 0.05) is 26.2 Å². The van der Waals surface area contributed by atoms with E-state index in [-0.39, 0.29) is 12.5 Å². The first-order valence-corrected chi connectivity index (χ1v) is 8.03. The van der Waals surface area contributed by atoms with E-state index >= 15 is 0 Å². The van der Waals surface area contributed by atoms with E-state index in [1.54, 1.807) is 11.0 Å². The van der Waals surface area contributed by atoms with Gasteiger partial charge in [0.1, 0.15) is 0 Å². The number of rotatable bonds is 9. The van der Waals surface area contributed by atoms with Crippen LogP contribution in [0.1, 0.15) is 45.4 Å². The second kappa shape index (κ2) is 10.4. The molecule has 120 valence electrons. The zero-order chi connectivity index (χ0) is 15.5. The summed E-state index contributed by atoms with van der Waals surface area (Å²) >= 11 is 0. The van der Waals surface area contributed by atoms with Gasteiger partial charge in [-0.25, -0.2) is 0 Å². The Labute approximate surface area is 127 Å². The SMILES string of the molecule is CCCCCCCC=CC(=O)N1CCN(CC(=O)O)CC1. The van der Waals surface area contributed by atoms with Gasteiger partial charge < -0.3 is 10.0 Å². The fraction of sp³-hybridized carbons (Fsp3) is 0.750. The largest absolute Gasteiger partial charge is 0.480 e. The highest BCUT2D eigenvalue weighted by Crippen LogP contribution is 2.06. The summed E-state index contributed by atoms with van der Waals surface area (Å²) in [6, 6.07) is 0. The van der Waals surface area contributed by atoms with Crippen LogP contribution in [-0.2, 0) is 9.59 Å². The summed E-state index contributed by atoms with van der Waals surface area (Å²) < 4.78 is 0. The molecule has 1 amide bonds. The zero-order valence-electron chi connectivity index (χ0n) is 13.1. The zero-order valence-corrected chi connectivity index (χ0v) is 13.1. The monoisotopic (exact) mass is 296 g/mol. The van der Waals surface area contributed by atoms with Gasteiger partial charge >= 0.3 is 5.97 Å². The molecule has 0 aromatic carbocycles. The second-order valence-electron chi connectivity index (χ2n) is 5.60. The molecule has 1 heterocycles. The van der Waals surface area contributed by atoms with Gasteiger partial charge in [0.05, 0.1) is 6.54 Å². The number of amides is 1. The Morgan fingerprint density at radius 2 is 1.71 bits per heavy atom. The average Bonchev–Trinajstić information content (AvgIpc) is 2.46. The van der Waals surface area contributed by atoms with E-state index in [4.69, 9.17) is 5.11 Å². The van der Waals surface area contributed by atoms with Crippen LogP contribution in [0, 0.1) is 0 Å². The van der Waals surface area contributed by atoms with Crippen LogP contribution in [0.2, 0.25) is 0 Å². The predicted octanol–water partition coefficient (Wildman–Crippen LogP) is 2.13. The van der Waals surface area contributed by atoms with Crippen LogP contribution in [-0.4, -0.2) is 59.5 Å². The van der Waals surface area contributed by atoms with Crippen molar-refractivity contribution in [3.8, 4) is 0 Å². The molecule has 0 bridgehead atoms. The number of unbranched alkanes of at least 4 members (excludes halogenated alkanes) is 5. The topological polar surface area (TPSA) is 60.9 Å². The molecule has 0 atom stereocenters. The maximum Gasteiger partial charge on any atom is 0.317 e. The van der Waals surface area contributed by atoms with Crippen molar-refractivity contribution in [1.82, 2.24) is 9.80 Å². The minimum atomic E-state index is -0.808. The summed E-state index contributed by atoms with van der Waals surface area (Å²) in [6.07, 6.45) is 10.8. The van der Waals surface area contributed by atoms with Crippen LogP contribution in [0.5, 0.6) is 0 Å². The van der Waals surface area contributed by atoms with Gasteiger partial charge in [-0.05, 0) is 18.9 Å². The highest BCUT2D eigenvalue weighted by Gasteiger charge is 2.20. The maximum atomic E-state index is 12.0. The molecular formula is C16H28N2O3. The Morgan fingerprint density at radius 1 is 1.05 bits per heavy atom. The number of nitrogens with zero attached hydrogens (tertiary/aromatic N) is 2. The van der Waals surface area contributed by atoms with Crippen molar-refractivity contribution >= 4 is 11.9 Å². The van der Waals surface area contributed by atoms with Gasteiger partial charge in [-0.3, -0.25) is 14.5 Å². The molecule has 1 rings (SSSR count). The first-order chi connectivity index (χ1) is 10.1. The number of piperazine rings is 1. The Kier molecular flexibility index (Phi) is 8.74. The van der Waals surface area contributed by atoms with Crippen molar-refractivity contribution in [2.45, 2.75) is 45.4 Å². The van der Waals surface area contributed by atoms with Gasteiger partial charge in [0.25, 0.3) is 0 Å². The summed E-state index contributed by atoms with van der Waals surface area (Å²) in [6.45, 7) is 4.79. The lowest BCUT2D eigenvalue weighted by molar-refractivity contribution is -0.139. The molecule has 5 nitrogen and oxygen atoms in total. The molecule has 1 fully saturated rings. The lowest BCUT2D eigenvalue weighted by Gasteiger charge is -2.33. The second-order valence-corrected chi connectivity index (χ2v) is 5.60. The minimum Gasteiger partial charge on any atom is -0.480 e. The van der Waals surface area contributed by atoms with Crippen LogP contribution in [0.3, 0.4) is 0 Å². The Bertz CT molecular complexity index is 347. The van der Waals surface area contributed by atoms with Crippen molar-refractivity contribution in [3.63, 3.8) is 0 Å². The van der Waals surface area contributed by atoms with Gasteiger partial charge in [0.2, 0.25) is 5.91 Å². The van der Waals surface area contributed by atoms with Crippen molar-refractivity contribution in [2.75, 3.05) is 32.7 Å². The van der Waals surface area contributed by atoms with Crippen LogP contribution < -0.4 is 0 Å². The molecule has 0 radical (unpaired) electrons. The first kappa shape index (κ1) is 17.7. The van der Waals surface area contributed by atoms with E-state index in [2.05, 4.69) is 6.92 Å². The van der Waals surface area contributed by atoms with E-state index in [9.17, 15) is 9.59 Å². The Balaban J connectivity index is 2.14. The Morgan fingerprint density at radius 3 is 2.33 bits per heavy atom. The first-order valence-electron chi connectivity index (χ1n) is 8.03. The summed E-state index contributed by atoms with van der Waals surface area (Å²) in [5, 5.41) is 8.73. The van der Waals surface area contributed by atoms with Crippen LogP contribution in [0.4, 0.5) is 0 Å². The van der Waals surface area contributed by atoms with E-state index in [0.717, 1.165) is 12.8 Å². The molecule has 0 saturated carbocycles. The molecule has 0 spiro atoms. The van der Waals surface area contributed by atoms with Gasteiger partial charge in [-0.1, -0.05) is 38.7 Å². The summed E-state index contributed by atoms with van der Waals surface area (Å²) in [4.78, 5) is 26.2. The smallest absolute Gasteiger partial charge is 0.317 e. The van der Waals surface area contributed by atoms with E-state index in [1.807, 2.05) is 11.0 Å². The van der Waals surface area contributed by atoms with Gasteiger partial charge in [-0.15, -0.1) is 0 Å². The molecule has 5 heteroatoms. The lowest BCUT2D eigenvalue weighted by Crippen LogP contribution is -2.49. The van der Waals surface area contributed by atoms with Crippen molar-refractivity contribution in [2.24, 2.45) is 0 Å². The fourth-order valence-corrected chi connectivity index (χ4v) is 2.47. The molecule has 21 heavy (non-hydrogen) atoms. The molecule has 1 N–H and O–H groups in total. The summed E-state index contributed by atoms with van der Waals surface area (Å²) in [7, 11) is 0. The van der Waals surface area contributed by atoms with E-state index in [1.165, 1.54) is 25.7 Å². The number of carboxylic acid groups (broad SMARTS) is 1. The molecule has 0 unspecified atom stereocenters. The molecule has 1 aliphatic rings. The molecule has 1 aliphatic heterocycles. The van der Waals surface area contributed by atoms with E-state index < -0.39 is 5.97 Å². The standard InChI is InChI=1S/C16H28N2O3/c1-2-3-4-5-6-7-8-9-15(19)18-12-10-17(11-13-18)14-16(20)21/h8-9H,2-7,10-14H2,1H3,(H,20,21). The maximum absolute atomic E-state index is 12.0. The number of hydrogen-bond donors (Lipinski definition) is 1. The average molecular weight is 296 g/mol. The molecule has 0 aromatic rings. The fourth-order valence-electron chi connectivity index (χ4n) is 2.47. The third-order valence-electron chi connectivity index (χ3n) is 3.78. The molecule has 0 aromatic heterocycles.